The molecule has 3 heterocycles. The zero-order valence-corrected chi connectivity index (χ0v) is 14.0. The first-order valence-corrected chi connectivity index (χ1v) is 8.78. The van der Waals surface area contributed by atoms with E-state index in [0.717, 1.165) is 18.8 Å². The molecular weight excluding hydrogens is 261 g/mol. The van der Waals surface area contributed by atoms with Gasteiger partial charge in [-0.1, -0.05) is 50.7 Å². The molecule has 4 rings (SSSR count). The van der Waals surface area contributed by atoms with Crippen LogP contribution in [0.1, 0.15) is 66.2 Å². The molecule has 3 aliphatic heterocycles. The van der Waals surface area contributed by atoms with Crippen molar-refractivity contribution in [3.05, 3.63) is 0 Å². The summed E-state index contributed by atoms with van der Waals surface area (Å²) in [5.74, 6) is 1.39. The number of ether oxygens (including phenoxy) is 1. The fourth-order valence-corrected chi connectivity index (χ4v) is 4.79. The van der Waals surface area contributed by atoms with Crippen molar-refractivity contribution in [3.8, 4) is 0 Å². The highest BCUT2D eigenvalue weighted by Gasteiger charge is 2.51. The second-order valence-electron chi connectivity index (χ2n) is 7.99. The van der Waals surface area contributed by atoms with Crippen LogP contribution in [0.4, 0.5) is 4.79 Å². The van der Waals surface area contributed by atoms with Gasteiger partial charge in [0.05, 0.1) is 6.04 Å². The maximum Gasteiger partial charge on any atom is 0.410 e. The van der Waals surface area contributed by atoms with Gasteiger partial charge in [-0.25, -0.2) is 4.79 Å². The summed E-state index contributed by atoms with van der Waals surface area (Å²) in [5, 5.41) is 0.470. The van der Waals surface area contributed by atoms with Crippen molar-refractivity contribution in [1.82, 2.24) is 4.90 Å². The Bertz CT molecular complexity index is 404. The minimum atomic E-state index is -0.0892. The number of amides is 1. The first-order chi connectivity index (χ1) is 9.93. The summed E-state index contributed by atoms with van der Waals surface area (Å²) in [5.41, 5.74) is 0. The Morgan fingerprint density at radius 1 is 1.29 bits per heavy atom. The van der Waals surface area contributed by atoms with Gasteiger partial charge >= 0.3 is 6.09 Å². The third-order valence-electron chi connectivity index (χ3n) is 6.09. The Kier molecular flexibility index (Phi) is 4.00. The Labute approximate surface area is 130 Å². The van der Waals surface area contributed by atoms with Gasteiger partial charge in [-0.15, -0.1) is 0 Å². The predicted octanol–water partition coefficient (Wildman–Crippen LogP) is 4.26. The number of carbonyl (C=O) groups is 1. The van der Waals surface area contributed by atoms with Crippen LogP contribution in [0.3, 0.4) is 0 Å². The molecule has 4 heteroatoms. The first-order valence-electron chi connectivity index (χ1n) is 8.78. The van der Waals surface area contributed by atoms with E-state index < -0.39 is 0 Å². The molecule has 4 aliphatic rings. The molecule has 0 spiro atoms. The molecule has 0 aromatic rings. The lowest BCUT2D eigenvalue weighted by Crippen LogP contribution is -2.46. The maximum absolute atomic E-state index is 12.2. The van der Waals surface area contributed by atoms with E-state index in [1.54, 1.807) is 0 Å². The Balaban J connectivity index is 1.73. The second kappa shape index (κ2) is 5.51. The number of hydrogen-bond acceptors (Lipinski definition) is 2. The number of rotatable bonds is 2. The summed E-state index contributed by atoms with van der Waals surface area (Å²) in [7, 11) is 2.59. The maximum atomic E-state index is 12.2. The van der Waals surface area contributed by atoms with Crippen LogP contribution in [0.5, 0.6) is 0 Å². The van der Waals surface area contributed by atoms with E-state index in [9.17, 15) is 4.79 Å². The molecule has 4 fully saturated rings. The van der Waals surface area contributed by atoms with Crippen molar-refractivity contribution in [2.45, 2.75) is 95.5 Å². The molecule has 1 aliphatic carbocycles. The van der Waals surface area contributed by atoms with Crippen molar-refractivity contribution in [2.75, 3.05) is 0 Å². The van der Waals surface area contributed by atoms with Crippen LogP contribution in [0.15, 0.2) is 0 Å². The summed E-state index contributed by atoms with van der Waals surface area (Å²) in [6, 6.07) is 0.550. The Morgan fingerprint density at radius 3 is 2.62 bits per heavy atom. The summed E-state index contributed by atoms with van der Waals surface area (Å²) in [6.07, 6.45) is 7.29. The van der Waals surface area contributed by atoms with Crippen molar-refractivity contribution >= 4 is 13.4 Å². The van der Waals surface area contributed by atoms with Gasteiger partial charge in [0.15, 0.2) is 0 Å². The molecule has 4 unspecified atom stereocenters. The Morgan fingerprint density at radius 2 is 2.00 bits per heavy atom. The van der Waals surface area contributed by atoms with Gasteiger partial charge in [0, 0.05) is 6.04 Å². The van der Waals surface area contributed by atoms with E-state index in [1.807, 2.05) is 4.90 Å². The molecule has 3 nitrogen and oxygen atoms in total. The van der Waals surface area contributed by atoms with Crippen LogP contribution in [-0.4, -0.2) is 36.5 Å². The lowest BCUT2D eigenvalue weighted by molar-refractivity contribution is 0.114. The zero-order valence-electron chi connectivity index (χ0n) is 14.0. The largest absolute Gasteiger partial charge is 0.444 e. The number of fused-ring (bicyclic) bond motifs is 3. The molecule has 21 heavy (non-hydrogen) atoms. The molecular formula is C17H29BNO2. The highest BCUT2D eigenvalue weighted by molar-refractivity contribution is 6.46. The van der Waals surface area contributed by atoms with Gasteiger partial charge in [0.2, 0.25) is 0 Å². The van der Waals surface area contributed by atoms with Crippen LogP contribution < -0.4 is 0 Å². The molecule has 0 N–H and O–H groups in total. The molecule has 117 valence electrons. The van der Waals surface area contributed by atoms with Crippen molar-refractivity contribution < 1.29 is 9.53 Å². The summed E-state index contributed by atoms with van der Waals surface area (Å²) < 4.78 is 5.73. The van der Waals surface area contributed by atoms with Gasteiger partial charge in [0.1, 0.15) is 13.4 Å². The summed E-state index contributed by atoms with van der Waals surface area (Å²) >= 11 is 0. The van der Waals surface area contributed by atoms with Gasteiger partial charge in [0.25, 0.3) is 0 Å². The number of nitrogens with zero attached hydrogens (tertiary/aromatic N) is 1. The van der Waals surface area contributed by atoms with Crippen molar-refractivity contribution in [1.29, 1.82) is 0 Å². The smallest absolute Gasteiger partial charge is 0.410 e. The fraction of sp³-hybridized carbons (Fsp3) is 0.941. The Hall–Kier alpha value is -0.665. The summed E-state index contributed by atoms with van der Waals surface area (Å²) in [4.78, 5) is 14.1. The molecule has 4 atom stereocenters. The molecule has 1 amide bonds. The van der Waals surface area contributed by atoms with E-state index >= 15 is 0 Å². The number of hydrogen-bond donors (Lipinski definition) is 0. The molecule has 1 saturated carbocycles. The van der Waals surface area contributed by atoms with Crippen LogP contribution in [0, 0.1) is 5.92 Å². The third kappa shape index (κ3) is 2.59. The molecule has 0 aromatic carbocycles. The average molecular weight is 290 g/mol. The van der Waals surface area contributed by atoms with E-state index in [1.165, 1.54) is 25.7 Å². The van der Waals surface area contributed by atoms with Crippen LogP contribution >= 0.6 is 0 Å². The monoisotopic (exact) mass is 290 g/mol. The molecule has 3 saturated heterocycles. The minimum Gasteiger partial charge on any atom is -0.444 e. The van der Waals surface area contributed by atoms with E-state index in [-0.39, 0.29) is 18.2 Å². The van der Waals surface area contributed by atoms with Crippen molar-refractivity contribution in [2.24, 2.45) is 5.92 Å². The molecule has 1 radical (unpaired) electrons. The van der Waals surface area contributed by atoms with Gasteiger partial charge in [-0.2, -0.15) is 0 Å². The van der Waals surface area contributed by atoms with Crippen LogP contribution in [-0.2, 0) is 4.74 Å². The quantitative estimate of drug-likeness (QED) is 0.711. The second-order valence-corrected chi connectivity index (χ2v) is 7.99. The SMILES string of the molecule is CC(C)N1C(=O)OC2CC3[B]C(C(C)C)(CCCCC21)C3. The highest BCUT2D eigenvalue weighted by Crippen LogP contribution is 2.59. The predicted molar refractivity (Wildman–Crippen MR) is 85.8 cm³/mol. The minimum absolute atomic E-state index is 0.0892. The zero-order chi connectivity index (χ0) is 15.2. The fourth-order valence-electron chi connectivity index (χ4n) is 4.79. The third-order valence-corrected chi connectivity index (χ3v) is 6.09. The average Bonchev–Trinajstić information content (AvgIpc) is 2.67. The van der Waals surface area contributed by atoms with E-state index in [0.29, 0.717) is 17.2 Å². The van der Waals surface area contributed by atoms with Crippen LogP contribution in [0.2, 0.25) is 11.1 Å². The topological polar surface area (TPSA) is 29.5 Å². The van der Waals surface area contributed by atoms with Gasteiger partial charge in [-0.05, 0) is 32.6 Å². The van der Waals surface area contributed by atoms with Crippen molar-refractivity contribution in [3.63, 3.8) is 0 Å². The van der Waals surface area contributed by atoms with E-state index in [4.69, 9.17) is 4.74 Å². The normalized spacial score (nSPS) is 39.6. The lowest BCUT2D eigenvalue weighted by atomic mass is 9.27. The standard InChI is InChI=1S/C17H29BNO2/c1-11(2)17-8-6-5-7-14-15(9-13(10-17)18-17)21-16(20)19(14)12(3)4/h11-15H,5-10H2,1-4H3. The molecule has 0 aromatic heterocycles. The van der Waals surface area contributed by atoms with Gasteiger partial charge in [-0.3, -0.25) is 4.90 Å². The summed E-state index contributed by atoms with van der Waals surface area (Å²) in [6.45, 7) is 8.91. The first kappa shape index (κ1) is 15.2. The number of carbonyl (C=O) groups excluding carboxylic acids is 1. The van der Waals surface area contributed by atoms with E-state index in [2.05, 4.69) is 35.0 Å². The lowest BCUT2D eigenvalue weighted by Gasteiger charge is -2.52. The molecule has 2 bridgehead atoms. The highest BCUT2D eigenvalue weighted by atomic mass is 16.6. The van der Waals surface area contributed by atoms with Gasteiger partial charge < -0.3 is 4.74 Å². The van der Waals surface area contributed by atoms with Crippen LogP contribution in [0.25, 0.3) is 0 Å².